The molecule has 0 aliphatic carbocycles. The molecule has 0 amide bonds. The maximum absolute atomic E-state index is 5.93. The Balaban J connectivity index is 2.66. The van der Waals surface area contributed by atoms with Crippen molar-refractivity contribution in [1.82, 2.24) is 5.32 Å². The zero-order valence-corrected chi connectivity index (χ0v) is 10.7. The largest absolute Gasteiger partial charge is 0.398 e. The Morgan fingerprint density at radius 1 is 1.06 bits per heavy atom. The molecule has 1 aromatic carbocycles. The molecule has 0 fully saturated rings. The van der Waals surface area contributed by atoms with Crippen molar-refractivity contribution in [3.8, 4) is 0 Å². The van der Waals surface area contributed by atoms with Gasteiger partial charge in [-0.2, -0.15) is 0 Å². The molecule has 0 aliphatic rings. The molecule has 0 unspecified atom stereocenters. The first-order valence-corrected chi connectivity index (χ1v) is 6.26. The van der Waals surface area contributed by atoms with Gasteiger partial charge < -0.3 is 11.1 Å². The first-order chi connectivity index (χ1) is 7.67. The third-order valence-corrected chi connectivity index (χ3v) is 3.74. The van der Waals surface area contributed by atoms with Crippen LogP contribution in [0.5, 0.6) is 0 Å². The molecule has 0 heterocycles. The molecule has 2 nitrogen and oxygen atoms in total. The highest BCUT2D eigenvalue weighted by Gasteiger charge is 2.22. The Labute approximate surface area is 99.2 Å². The van der Waals surface area contributed by atoms with Crippen LogP contribution in [0.2, 0.25) is 0 Å². The smallest absolute Gasteiger partial charge is 0.0359 e. The Hall–Kier alpha value is -1.02. The number of rotatable bonds is 6. The Kier molecular flexibility index (Phi) is 4.81. The van der Waals surface area contributed by atoms with Gasteiger partial charge in [-0.05, 0) is 30.9 Å². The van der Waals surface area contributed by atoms with E-state index >= 15 is 0 Å². The standard InChI is InChI=1S/C14H24N2/c1-4-14(5-2,6-3)16-11-12-9-7-8-10-13(12)15/h7-10,16H,4-6,11,15H2,1-3H3. The lowest BCUT2D eigenvalue weighted by Crippen LogP contribution is -2.43. The molecular weight excluding hydrogens is 196 g/mol. The summed E-state index contributed by atoms with van der Waals surface area (Å²) in [6.07, 6.45) is 3.48. The summed E-state index contributed by atoms with van der Waals surface area (Å²) >= 11 is 0. The average Bonchev–Trinajstić information content (AvgIpc) is 2.34. The van der Waals surface area contributed by atoms with Crippen LogP contribution in [-0.2, 0) is 6.54 Å². The van der Waals surface area contributed by atoms with Gasteiger partial charge in [0.05, 0.1) is 0 Å². The lowest BCUT2D eigenvalue weighted by molar-refractivity contribution is 0.288. The summed E-state index contributed by atoms with van der Waals surface area (Å²) in [6, 6.07) is 8.07. The number of hydrogen-bond acceptors (Lipinski definition) is 2. The van der Waals surface area contributed by atoms with Gasteiger partial charge in [-0.3, -0.25) is 0 Å². The van der Waals surface area contributed by atoms with E-state index < -0.39 is 0 Å². The monoisotopic (exact) mass is 220 g/mol. The first-order valence-electron chi connectivity index (χ1n) is 6.26. The fraction of sp³-hybridized carbons (Fsp3) is 0.571. The van der Waals surface area contributed by atoms with Crippen LogP contribution in [0.25, 0.3) is 0 Å². The molecule has 16 heavy (non-hydrogen) atoms. The summed E-state index contributed by atoms with van der Waals surface area (Å²) in [5.74, 6) is 0. The van der Waals surface area contributed by atoms with Crippen molar-refractivity contribution in [2.45, 2.75) is 52.1 Å². The quantitative estimate of drug-likeness (QED) is 0.722. The number of nitrogens with one attached hydrogen (secondary N) is 1. The van der Waals surface area contributed by atoms with Crippen molar-refractivity contribution < 1.29 is 0 Å². The van der Waals surface area contributed by atoms with Crippen LogP contribution in [0.4, 0.5) is 5.69 Å². The van der Waals surface area contributed by atoms with E-state index in [0.29, 0.717) is 0 Å². The van der Waals surface area contributed by atoms with Crippen molar-refractivity contribution in [1.29, 1.82) is 0 Å². The Morgan fingerprint density at radius 3 is 2.12 bits per heavy atom. The van der Waals surface area contributed by atoms with Crippen LogP contribution in [0.3, 0.4) is 0 Å². The summed E-state index contributed by atoms with van der Waals surface area (Å²) < 4.78 is 0. The lowest BCUT2D eigenvalue weighted by atomic mass is 9.89. The second-order valence-electron chi connectivity index (χ2n) is 4.39. The summed E-state index contributed by atoms with van der Waals surface area (Å²) in [7, 11) is 0. The Bertz CT molecular complexity index is 308. The van der Waals surface area contributed by atoms with E-state index in [0.717, 1.165) is 31.5 Å². The van der Waals surface area contributed by atoms with E-state index in [1.54, 1.807) is 0 Å². The van der Waals surface area contributed by atoms with Crippen molar-refractivity contribution in [2.75, 3.05) is 5.73 Å². The topological polar surface area (TPSA) is 38.0 Å². The van der Waals surface area contributed by atoms with Crippen molar-refractivity contribution in [2.24, 2.45) is 0 Å². The van der Waals surface area contributed by atoms with Crippen LogP contribution in [-0.4, -0.2) is 5.54 Å². The molecule has 0 saturated carbocycles. The molecule has 0 bridgehead atoms. The predicted octanol–water partition coefficient (Wildman–Crippen LogP) is 3.33. The molecule has 0 spiro atoms. The molecule has 0 atom stereocenters. The fourth-order valence-corrected chi connectivity index (χ4v) is 2.10. The number of benzene rings is 1. The van der Waals surface area contributed by atoms with Gasteiger partial charge in [-0.1, -0.05) is 39.0 Å². The highest BCUT2D eigenvalue weighted by atomic mass is 15.0. The molecule has 0 aliphatic heterocycles. The molecule has 1 aromatic rings. The third kappa shape index (κ3) is 2.99. The number of nitrogens with two attached hydrogens (primary N) is 1. The Morgan fingerprint density at radius 2 is 1.62 bits per heavy atom. The van der Waals surface area contributed by atoms with Gasteiger partial charge in [-0.25, -0.2) is 0 Å². The summed E-state index contributed by atoms with van der Waals surface area (Å²) in [5.41, 5.74) is 8.28. The maximum atomic E-state index is 5.93. The summed E-state index contributed by atoms with van der Waals surface area (Å²) in [4.78, 5) is 0. The van der Waals surface area contributed by atoms with Crippen molar-refractivity contribution >= 4 is 5.69 Å². The SMILES string of the molecule is CCC(CC)(CC)NCc1ccccc1N. The van der Waals surface area contributed by atoms with Crippen LogP contribution in [0.15, 0.2) is 24.3 Å². The van der Waals surface area contributed by atoms with E-state index in [1.165, 1.54) is 5.56 Å². The van der Waals surface area contributed by atoms with Crippen LogP contribution >= 0.6 is 0 Å². The van der Waals surface area contributed by atoms with Crippen LogP contribution in [0, 0.1) is 0 Å². The third-order valence-electron chi connectivity index (χ3n) is 3.74. The van der Waals surface area contributed by atoms with Crippen LogP contribution in [0.1, 0.15) is 45.6 Å². The molecule has 3 N–H and O–H groups in total. The normalized spacial score (nSPS) is 11.7. The second-order valence-corrected chi connectivity index (χ2v) is 4.39. The van der Waals surface area contributed by atoms with Gasteiger partial charge in [0, 0.05) is 17.8 Å². The molecule has 0 aromatic heterocycles. The lowest BCUT2D eigenvalue weighted by Gasteiger charge is -2.32. The van der Waals surface area contributed by atoms with E-state index in [9.17, 15) is 0 Å². The second kappa shape index (κ2) is 5.90. The number of anilines is 1. The summed E-state index contributed by atoms with van der Waals surface area (Å²) in [6.45, 7) is 7.60. The molecule has 1 rings (SSSR count). The molecule has 90 valence electrons. The number of hydrogen-bond donors (Lipinski definition) is 2. The minimum atomic E-state index is 0.266. The number of para-hydroxylation sites is 1. The maximum Gasteiger partial charge on any atom is 0.0359 e. The van der Waals surface area contributed by atoms with Crippen molar-refractivity contribution in [3.05, 3.63) is 29.8 Å². The van der Waals surface area contributed by atoms with Crippen molar-refractivity contribution in [3.63, 3.8) is 0 Å². The van der Waals surface area contributed by atoms with Gasteiger partial charge in [0.25, 0.3) is 0 Å². The van der Waals surface area contributed by atoms with Gasteiger partial charge in [0.15, 0.2) is 0 Å². The molecule has 2 heteroatoms. The minimum absolute atomic E-state index is 0.266. The first kappa shape index (κ1) is 13.0. The molecule has 0 radical (unpaired) electrons. The average molecular weight is 220 g/mol. The molecule has 0 saturated heterocycles. The van der Waals surface area contributed by atoms with Gasteiger partial charge in [0.2, 0.25) is 0 Å². The van der Waals surface area contributed by atoms with E-state index in [-0.39, 0.29) is 5.54 Å². The van der Waals surface area contributed by atoms with E-state index in [4.69, 9.17) is 5.73 Å². The highest BCUT2D eigenvalue weighted by Crippen LogP contribution is 2.21. The van der Waals surface area contributed by atoms with Crippen LogP contribution < -0.4 is 11.1 Å². The van der Waals surface area contributed by atoms with E-state index in [1.807, 2.05) is 18.2 Å². The van der Waals surface area contributed by atoms with Gasteiger partial charge >= 0.3 is 0 Å². The van der Waals surface area contributed by atoms with E-state index in [2.05, 4.69) is 32.2 Å². The minimum Gasteiger partial charge on any atom is -0.398 e. The fourth-order valence-electron chi connectivity index (χ4n) is 2.10. The van der Waals surface area contributed by atoms with Gasteiger partial charge in [-0.15, -0.1) is 0 Å². The zero-order chi connectivity index (χ0) is 12.0. The highest BCUT2D eigenvalue weighted by molar-refractivity contribution is 5.46. The number of nitrogen functional groups attached to an aromatic ring is 1. The predicted molar refractivity (Wildman–Crippen MR) is 71.3 cm³/mol. The van der Waals surface area contributed by atoms with Gasteiger partial charge in [0.1, 0.15) is 0 Å². The molecular formula is C14H24N2. The summed E-state index contributed by atoms with van der Waals surface area (Å²) in [5, 5.41) is 3.66. The zero-order valence-electron chi connectivity index (χ0n) is 10.7.